The first kappa shape index (κ1) is 18.2. The summed E-state index contributed by atoms with van der Waals surface area (Å²) in [5.74, 6) is -0.842. The van der Waals surface area contributed by atoms with Gasteiger partial charge >= 0.3 is 0 Å². The van der Waals surface area contributed by atoms with Crippen molar-refractivity contribution in [2.75, 3.05) is 6.26 Å². The Balaban J connectivity index is 2.02. The van der Waals surface area contributed by atoms with Crippen LogP contribution in [-0.4, -0.2) is 23.1 Å². The van der Waals surface area contributed by atoms with E-state index in [1.165, 1.54) is 12.1 Å². The number of fused-ring (bicyclic) bond motifs is 2. The van der Waals surface area contributed by atoms with Crippen LogP contribution in [0.2, 0.25) is 0 Å². The molecular weight excluding hydrogens is 407 g/mol. The van der Waals surface area contributed by atoms with Crippen molar-refractivity contribution in [3.05, 3.63) is 72.5 Å². The predicted molar refractivity (Wildman–Crippen MR) is 100 cm³/mol. The molecule has 0 saturated heterocycles. The summed E-state index contributed by atoms with van der Waals surface area (Å²) in [5.41, 5.74) is 0. The number of halogens is 1. The van der Waals surface area contributed by atoms with Crippen molar-refractivity contribution in [2.24, 2.45) is 0 Å². The highest BCUT2D eigenvalue weighted by Crippen LogP contribution is 2.44. The van der Waals surface area contributed by atoms with Gasteiger partial charge in [-0.1, -0.05) is 24.3 Å². The quantitative estimate of drug-likeness (QED) is 0.465. The van der Waals surface area contributed by atoms with Crippen LogP contribution in [0.25, 0.3) is 0 Å². The average molecular weight is 422 g/mol. The Morgan fingerprint density at radius 2 is 1.37 bits per heavy atom. The molecule has 0 spiro atoms. The third-order valence-corrected chi connectivity index (χ3v) is 9.83. The molecular formula is C19H14FO4S3+. The maximum atomic E-state index is 14.5. The van der Waals surface area contributed by atoms with Gasteiger partial charge in [0.15, 0.2) is 24.5 Å². The van der Waals surface area contributed by atoms with Crippen molar-refractivity contribution >= 4 is 30.6 Å². The van der Waals surface area contributed by atoms with E-state index in [2.05, 4.69) is 0 Å². The molecule has 0 radical (unpaired) electrons. The van der Waals surface area contributed by atoms with Gasteiger partial charge in [0.1, 0.15) is 31.4 Å². The summed E-state index contributed by atoms with van der Waals surface area (Å²) < 4.78 is 63.9. The lowest BCUT2D eigenvalue weighted by molar-refractivity contribution is 0.568. The fraction of sp³-hybridized carbons (Fsp3) is 0.0526. The van der Waals surface area contributed by atoms with E-state index in [0.29, 0.717) is 14.7 Å². The van der Waals surface area contributed by atoms with Gasteiger partial charge in [-0.05, 0) is 36.4 Å². The zero-order valence-electron chi connectivity index (χ0n) is 14.1. The lowest BCUT2D eigenvalue weighted by Crippen LogP contribution is -2.20. The van der Waals surface area contributed by atoms with Gasteiger partial charge in [-0.3, -0.25) is 0 Å². The molecule has 8 heteroatoms. The van der Waals surface area contributed by atoms with Crippen LogP contribution >= 0.6 is 0 Å². The summed E-state index contributed by atoms with van der Waals surface area (Å²) >= 11 is 0. The Kier molecular flexibility index (Phi) is 4.17. The molecule has 4 rings (SSSR count). The zero-order valence-corrected chi connectivity index (χ0v) is 16.5. The number of benzene rings is 3. The van der Waals surface area contributed by atoms with Gasteiger partial charge in [-0.15, -0.1) is 0 Å². The highest BCUT2D eigenvalue weighted by atomic mass is 32.2. The number of rotatable bonds is 2. The van der Waals surface area contributed by atoms with E-state index < -0.39 is 36.4 Å². The zero-order chi connectivity index (χ0) is 19.4. The van der Waals surface area contributed by atoms with Crippen molar-refractivity contribution in [3.63, 3.8) is 0 Å². The van der Waals surface area contributed by atoms with Gasteiger partial charge < -0.3 is 0 Å². The molecule has 27 heavy (non-hydrogen) atoms. The predicted octanol–water partition coefficient (Wildman–Crippen LogP) is 3.47. The van der Waals surface area contributed by atoms with Gasteiger partial charge in [0.25, 0.3) is 0 Å². The van der Waals surface area contributed by atoms with Crippen molar-refractivity contribution in [2.45, 2.75) is 29.4 Å². The standard InChI is InChI=1S/C19H14FO4S3/c1-26(21,22)17-11-10-13(12-14(17)20)25-15-6-2-4-8-18(15)27(23,24)19-9-5-3-7-16(19)25/h2-12H,1H3/q+1. The summed E-state index contributed by atoms with van der Waals surface area (Å²) in [6, 6.07) is 17.3. The SMILES string of the molecule is CS(=O)(=O)c1ccc([S+]2c3ccccc3S(=O)(=O)c3ccccc32)cc1F. The molecule has 0 N–H and O–H groups in total. The van der Waals surface area contributed by atoms with Crippen molar-refractivity contribution in [1.29, 1.82) is 0 Å². The molecule has 1 heterocycles. The second-order valence-electron chi connectivity index (χ2n) is 6.07. The van der Waals surface area contributed by atoms with Crippen LogP contribution in [0.5, 0.6) is 0 Å². The fourth-order valence-electron chi connectivity index (χ4n) is 3.08. The first-order chi connectivity index (χ1) is 12.7. The van der Waals surface area contributed by atoms with E-state index in [0.717, 1.165) is 6.26 Å². The maximum Gasteiger partial charge on any atom is 0.216 e. The molecule has 1 aliphatic heterocycles. The highest BCUT2D eigenvalue weighted by molar-refractivity contribution is 8.00. The summed E-state index contributed by atoms with van der Waals surface area (Å²) in [7, 11) is -8.22. The lowest BCUT2D eigenvalue weighted by Gasteiger charge is -2.19. The van der Waals surface area contributed by atoms with Crippen LogP contribution in [0.4, 0.5) is 4.39 Å². The van der Waals surface area contributed by atoms with Crippen molar-refractivity contribution < 1.29 is 21.2 Å². The Bertz CT molecular complexity index is 1230. The van der Waals surface area contributed by atoms with Crippen molar-refractivity contribution in [3.8, 4) is 0 Å². The van der Waals surface area contributed by atoms with Crippen LogP contribution in [0, 0.1) is 5.82 Å². The van der Waals surface area contributed by atoms with Crippen molar-refractivity contribution in [1.82, 2.24) is 0 Å². The van der Waals surface area contributed by atoms with E-state index in [1.807, 2.05) is 0 Å². The second kappa shape index (κ2) is 6.19. The van der Waals surface area contributed by atoms with E-state index in [4.69, 9.17) is 0 Å². The largest absolute Gasteiger partial charge is 0.224 e. The fourth-order valence-corrected chi connectivity index (χ4v) is 8.52. The average Bonchev–Trinajstić information content (AvgIpc) is 2.61. The molecule has 0 bridgehead atoms. The Morgan fingerprint density at radius 1 is 0.852 bits per heavy atom. The number of hydrogen-bond acceptors (Lipinski definition) is 4. The van der Waals surface area contributed by atoms with Gasteiger partial charge in [-0.25, -0.2) is 21.2 Å². The molecule has 0 unspecified atom stereocenters. The summed E-state index contributed by atoms with van der Waals surface area (Å²) in [4.78, 5) is 1.68. The summed E-state index contributed by atoms with van der Waals surface area (Å²) in [5, 5.41) is 0. The van der Waals surface area contributed by atoms with Crippen LogP contribution < -0.4 is 0 Å². The van der Waals surface area contributed by atoms with E-state index in [9.17, 15) is 21.2 Å². The summed E-state index contributed by atoms with van der Waals surface area (Å²) in [6.45, 7) is 0. The van der Waals surface area contributed by atoms with Crippen LogP contribution in [0.3, 0.4) is 0 Å². The van der Waals surface area contributed by atoms with Crippen LogP contribution in [0.15, 0.2) is 96.1 Å². The minimum absolute atomic E-state index is 0.194. The lowest BCUT2D eigenvalue weighted by atomic mass is 10.3. The maximum absolute atomic E-state index is 14.5. The molecule has 3 aromatic carbocycles. The monoisotopic (exact) mass is 421 g/mol. The molecule has 0 aliphatic carbocycles. The molecule has 0 aromatic heterocycles. The Labute approximate surface area is 159 Å². The van der Waals surface area contributed by atoms with Gasteiger partial charge in [0.05, 0.1) is 0 Å². The highest BCUT2D eigenvalue weighted by Gasteiger charge is 2.45. The minimum atomic E-state index is -3.69. The Morgan fingerprint density at radius 3 is 1.85 bits per heavy atom. The molecule has 3 aromatic rings. The van der Waals surface area contributed by atoms with Gasteiger partial charge in [0, 0.05) is 12.3 Å². The van der Waals surface area contributed by atoms with E-state index in [1.54, 1.807) is 54.6 Å². The minimum Gasteiger partial charge on any atom is -0.224 e. The third-order valence-electron chi connectivity index (χ3n) is 4.26. The topological polar surface area (TPSA) is 68.3 Å². The van der Waals surface area contributed by atoms with Gasteiger partial charge in [-0.2, -0.15) is 0 Å². The molecule has 0 amide bonds. The van der Waals surface area contributed by atoms with Gasteiger partial charge in [0.2, 0.25) is 9.84 Å². The molecule has 138 valence electrons. The van der Waals surface area contributed by atoms with E-state index >= 15 is 0 Å². The Hall–Kier alpha value is -2.16. The van der Waals surface area contributed by atoms with Crippen LogP contribution in [0.1, 0.15) is 0 Å². The summed E-state index contributed by atoms with van der Waals surface area (Å²) in [6.07, 6.45) is 0.950. The smallest absolute Gasteiger partial charge is 0.216 e. The number of hydrogen-bond donors (Lipinski definition) is 0. The molecule has 4 nitrogen and oxygen atoms in total. The van der Waals surface area contributed by atoms with E-state index in [-0.39, 0.29) is 14.7 Å². The molecule has 1 aliphatic rings. The first-order valence-electron chi connectivity index (χ1n) is 7.88. The molecule has 0 fully saturated rings. The van der Waals surface area contributed by atoms with Crippen LogP contribution in [-0.2, 0) is 30.6 Å². The first-order valence-corrected chi connectivity index (χ1v) is 12.5. The molecule has 0 atom stereocenters. The number of sulfone groups is 2. The second-order valence-corrected chi connectivity index (χ2v) is 11.9. The third kappa shape index (κ3) is 2.88. The molecule has 0 saturated carbocycles. The normalized spacial score (nSPS) is 15.8.